The fourth-order valence-electron chi connectivity index (χ4n) is 2.61. The molecule has 150 valence electrons. The summed E-state index contributed by atoms with van der Waals surface area (Å²) in [5.74, 6) is -0.164. The van der Waals surface area contributed by atoms with Gasteiger partial charge in [0.15, 0.2) is 0 Å². The van der Waals surface area contributed by atoms with E-state index in [1.807, 2.05) is 38.1 Å². The molecule has 3 amide bonds. The van der Waals surface area contributed by atoms with Crippen molar-refractivity contribution in [3.05, 3.63) is 65.2 Å². The predicted octanol–water partition coefficient (Wildman–Crippen LogP) is 4.07. The van der Waals surface area contributed by atoms with E-state index in [-0.39, 0.29) is 18.0 Å². The summed E-state index contributed by atoms with van der Waals surface area (Å²) in [5.41, 5.74) is 3.28. The van der Waals surface area contributed by atoms with E-state index in [9.17, 15) is 9.59 Å². The van der Waals surface area contributed by atoms with Gasteiger partial charge in [-0.1, -0.05) is 31.2 Å². The fourth-order valence-corrected chi connectivity index (χ4v) is 2.61. The summed E-state index contributed by atoms with van der Waals surface area (Å²) in [6, 6.07) is 14.5. The van der Waals surface area contributed by atoms with E-state index in [0.29, 0.717) is 24.4 Å². The molecule has 6 nitrogen and oxygen atoms in total. The van der Waals surface area contributed by atoms with Gasteiger partial charge < -0.3 is 20.7 Å². The van der Waals surface area contributed by atoms with Gasteiger partial charge in [0.05, 0.1) is 6.61 Å². The van der Waals surface area contributed by atoms with E-state index in [1.165, 1.54) is 0 Å². The molecule has 0 saturated carbocycles. The lowest BCUT2D eigenvalue weighted by Gasteiger charge is -2.12. The Hall–Kier alpha value is -2.86. The minimum Gasteiger partial charge on any atom is -0.377 e. The summed E-state index contributed by atoms with van der Waals surface area (Å²) in [5, 5.41) is 8.42. The van der Waals surface area contributed by atoms with Gasteiger partial charge in [-0.05, 0) is 55.7 Å². The highest BCUT2D eigenvalue weighted by Gasteiger charge is 2.09. The molecule has 6 heteroatoms. The average Bonchev–Trinajstić information content (AvgIpc) is 2.67. The highest BCUT2D eigenvalue weighted by Crippen LogP contribution is 2.12. The standard InChI is InChI=1S/C22H29N3O3/c1-4-13-28-15-19-8-6-5-7-18(19)14-23-21(26)17-9-11-20(12-10-17)25-22(27)24-16(2)3/h5-12,16H,4,13-15H2,1-3H3,(H,23,26)(H2,24,25,27). The van der Waals surface area contributed by atoms with Crippen molar-refractivity contribution in [1.29, 1.82) is 0 Å². The molecule has 0 atom stereocenters. The summed E-state index contributed by atoms with van der Waals surface area (Å²) in [6.45, 7) is 7.54. The molecule has 0 unspecified atom stereocenters. The zero-order valence-electron chi connectivity index (χ0n) is 16.7. The van der Waals surface area contributed by atoms with Crippen LogP contribution in [0.1, 0.15) is 48.7 Å². The number of benzene rings is 2. The van der Waals surface area contributed by atoms with Crippen molar-refractivity contribution < 1.29 is 14.3 Å². The largest absolute Gasteiger partial charge is 0.377 e. The van der Waals surface area contributed by atoms with E-state index in [4.69, 9.17) is 4.74 Å². The summed E-state index contributed by atoms with van der Waals surface area (Å²) >= 11 is 0. The van der Waals surface area contributed by atoms with Crippen LogP contribution in [0.4, 0.5) is 10.5 Å². The molecular formula is C22H29N3O3. The van der Waals surface area contributed by atoms with Crippen molar-refractivity contribution in [2.45, 2.75) is 46.4 Å². The van der Waals surface area contributed by atoms with Gasteiger partial charge in [-0.2, -0.15) is 0 Å². The Morgan fingerprint density at radius 3 is 2.32 bits per heavy atom. The van der Waals surface area contributed by atoms with E-state index < -0.39 is 0 Å². The van der Waals surface area contributed by atoms with E-state index >= 15 is 0 Å². The van der Waals surface area contributed by atoms with Crippen LogP contribution < -0.4 is 16.0 Å². The van der Waals surface area contributed by atoms with Crippen molar-refractivity contribution in [2.75, 3.05) is 11.9 Å². The maximum Gasteiger partial charge on any atom is 0.319 e. The molecular weight excluding hydrogens is 354 g/mol. The second-order valence-electron chi connectivity index (χ2n) is 6.83. The smallest absolute Gasteiger partial charge is 0.319 e. The average molecular weight is 383 g/mol. The number of anilines is 1. The van der Waals surface area contributed by atoms with Crippen LogP contribution in [-0.2, 0) is 17.9 Å². The molecule has 0 fully saturated rings. The second-order valence-corrected chi connectivity index (χ2v) is 6.83. The SMILES string of the molecule is CCCOCc1ccccc1CNC(=O)c1ccc(NC(=O)NC(C)C)cc1. The van der Waals surface area contributed by atoms with Crippen LogP contribution in [0.2, 0.25) is 0 Å². The Morgan fingerprint density at radius 1 is 1.00 bits per heavy atom. The van der Waals surface area contributed by atoms with Crippen LogP contribution >= 0.6 is 0 Å². The zero-order chi connectivity index (χ0) is 20.4. The lowest BCUT2D eigenvalue weighted by Crippen LogP contribution is -2.34. The quantitative estimate of drug-likeness (QED) is 0.571. The molecule has 0 aliphatic carbocycles. The minimum atomic E-state index is -0.269. The predicted molar refractivity (Wildman–Crippen MR) is 111 cm³/mol. The maximum absolute atomic E-state index is 12.4. The van der Waals surface area contributed by atoms with Crippen LogP contribution in [0.25, 0.3) is 0 Å². The molecule has 3 N–H and O–H groups in total. The molecule has 0 heterocycles. The molecule has 2 aromatic rings. The van der Waals surface area contributed by atoms with Gasteiger partial charge in [0.1, 0.15) is 0 Å². The lowest BCUT2D eigenvalue weighted by atomic mass is 10.1. The Balaban J connectivity index is 1.90. The van der Waals surface area contributed by atoms with Gasteiger partial charge in [0.25, 0.3) is 5.91 Å². The molecule has 0 aromatic heterocycles. The molecule has 0 saturated heterocycles. The fraction of sp³-hybridized carbons (Fsp3) is 0.364. The van der Waals surface area contributed by atoms with Crippen LogP contribution in [0, 0.1) is 0 Å². The van der Waals surface area contributed by atoms with Crippen LogP contribution in [-0.4, -0.2) is 24.6 Å². The van der Waals surface area contributed by atoms with Crippen LogP contribution in [0.15, 0.2) is 48.5 Å². The van der Waals surface area contributed by atoms with Crippen molar-refractivity contribution in [3.8, 4) is 0 Å². The Kier molecular flexibility index (Phi) is 8.49. The molecule has 0 bridgehead atoms. The Labute approximate surface area is 166 Å². The third-order valence-corrected chi connectivity index (χ3v) is 3.99. The first-order chi connectivity index (χ1) is 13.5. The van der Waals surface area contributed by atoms with E-state index in [2.05, 4.69) is 22.9 Å². The highest BCUT2D eigenvalue weighted by atomic mass is 16.5. The number of carbonyl (C=O) groups is 2. The van der Waals surface area contributed by atoms with Gasteiger partial charge in [0, 0.05) is 30.4 Å². The van der Waals surface area contributed by atoms with Gasteiger partial charge in [-0.25, -0.2) is 4.79 Å². The van der Waals surface area contributed by atoms with E-state index in [0.717, 1.165) is 24.2 Å². The van der Waals surface area contributed by atoms with Gasteiger partial charge in [-0.15, -0.1) is 0 Å². The number of nitrogens with one attached hydrogen (secondary N) is 3. The normalized spacial score (nSPS) is 10.6. The Morgan fingerprint density at radius 2 is 1.68 bits per heavy atom. The Bertz CT molecular complexity index is 773. The molecule has 0 radical (unpaired) electrons. The number of amides is 3. The molecule has 2 aromatic carbocycles. The number of ether oxygens (including phenoxy) is 1. The number of carbonyl (C=O) groups excluding carboxylic acids is 2. The van der Waals surface area contributed by atoms with Crippen LogP contribution in [0.5, 0.6) is 0 Å². The molecule has 28 heavy (non-hydrogen) atoms. The summed E-state index contributed by atoms with van der Waals surface area (Å²) in [6.07, 6.45) is 0.975. The van der Waals surface area contributed by atoms with Crippen molar-refractivity contribution in [2.24, 2.45) is 0 Å². The van der Waals surface area contributed by atoms with Crippen LogP contribution in [0.3, 0.4) is 0 Å². The number of urea groups is 1. The number of rotatable bonds is 9. The van der Waals surface area contributed by atoms with Crippen molar-refractivity contribution >= 4 is 17.6 Å². The topological polar surface area (TPSA) is 79.5 Å². The maximum atomic E-state index is 12.4. The first-order valence-corrected chi connectivity index (χ1v) is 9.60. The summed E-state index contributed by atoms with van der Waals surface area (Å²) in [7, 11) is 0. The molecule has 2 rings (SSSR count). The van der Waals surface area contributed by atoms with Crippen molar-refractivity contribution in [1.82, 2.24) is 10.6 Å². The van der Waals surface area contributed by atoms with Gasteiger partial charge in [-0.3, -0.25) is 4.79 Å². The van der Waals surface area contributed by atoms with Crippen molar-refractivity contribution in [3.63, 3.8) is 0 Å². The highest BCUT2D eigenvalue weighted by molar-refractivity contribution is 5.95. The third-order valence-electron chi connectivity index (χ3n) is 3.99. The third kappa shape index (κ3) is 7.04. The molecule has 0 spiro atoms. The summed E-state index contributed by atoms with van der Waals surface area (Å²) < 4.78 is 5.62. The first-order valence-electron chi connectivity index (χ1n) is 9.60. The summed E-state index contributed by atoms with van der Waals surface area (Å²) in [4.78, 5) is 24.1. The molecule has 0 aliphatic heterocycles. The number of hydrogen-bond donors (Lipinski definition) is 3. The lowest BCUT2D eigenvalue weighted by molar-refractivity contribution is 0.0949. The van der Waals surface area contributed by atoms with E-state index in [1.54, 1.807) is 24.3 Å². The van der Waals surface area contributed by atoms with Gasteiger partial charge >= 0.3 is 6.03 Å². The minimum absolute atomic E-state index is 0.0558. The molecule has 0 aliphatic rings. The monoisotopic (exact) mass is 383 g/mol. The number of hydrogen-bond acceptors (Lipinski definition) is 3. The zero-order valence-corrected chi connectivity index (χ0v) is 16.7. The van der Waals surface area contributed by atoms with Gasteiger partial charge in [0.2, 0.25) is 0 Å². The second kappa shape index (κ2) is 11.1. The first kappa shape index (κ1) is 21.4.